The smallest absolute Gasteiger partial charge is 0.333 e. The number of aliphatic carboxylic acids is 1. The van der Waals surface area contributed by atoms with Crippen LogP contribution < -0.4 is 0 Å². The minimum absolute atomic E-state index is 0.309. The summed E-state index contributed by atoms with van der Waals surface area (Å²) in [6.45, 7) is 5.66. The third-order valence-electron chi connectivity index (χ3n) is 1.43. The van der Waals surface area contributed by atoms with Crippen LogP contribution in [0.2, 0.25) is 0 Å². The molecule has 0 aromatic heterocycles. The predicted molar refractivity (Wildman–Crippen MR) is 48.9 cm³/mol. The molecule has 0 bridgehead atoms. The number of carboxylic acid groups (broad SMARTS) is 1. The molecule has 0 aliphatic rings. The highest BCUT2D eigenvalue weighted by Crippen LogP contribution is 2.25. The fraction of sp³-hybridized carbons (Fsp3) is 0.667. The fourth-order valence-corrected chi connectivity index (χ4v) is 0.828. The number of nitrogens with zero attached hydrogens (tertiary/aromatic N) is 1. The normalized spacial score (nSPS) is 12.9. The molecule has 0 amide bonds. The van der Waals surface area contributed by atoms with E-state index in [1.165, 1.54) is 0 Å². The highest BCUT2D eigenvalue weighted by atomic mass is 16.4. The lowest BCUT2D eigenvalue weighted by Crippen LogP contribution is -2.20. The van der Waals surface area contributed by atoms with Gasteiger partial charge in [-0.3, -0.25) is 0 Å². The first kappa shape index (κ1) is 11.0. The molecule has 0 aromatic carbocycles. The van der Waals surface area contributed by atoms with Gasteiger partial charge in [-0.2, -0.15) is 0 Å². The van der Waals surface area contributed by atoms with Crippen LogP contribution in [-0.4, -0.2) is 30.1 Å². The van der Waals surface area contributed by atoms with Crippen LogP contribution in [0.3, 0.4) is 0 Å². The van der Waals surface area contributed by atoms with Gasteiger partial charge in [-0.1, -0.05) is 20.8 Å². The summed E-state index contributed by atoms with van der Waals surface area (Å²) in [5, 5.41) is 8.86. The number of rotatable bonds is 2. The van der Waals surface area contributed by atoms with Gasteiger partial charge in [-0.25, -0.2) is 4.79 Å². The van der Waals surface area contributed by atoms with E-state index in [9.17, 15) is 4.79 Å². The van der Waals surface area contributed by atoms with E-state index < -0.39 is 5.97 Å². The molecule has 3 heteroatoms. The summed E-state index contributed by atoms with van der Waals surface area (Å²) in [6, 6.07) is 0. The van der Waals surface area contributed by atoms with Gasteiger partial charge in [-0.05, 0) is 5.41 Å². The zero-order chi connectivity index (χ0) is 9.94. The van der Waals surface area contributed by atoms with Crippen LogP contribution in [0.1, 0.15) is 20.8 Å². The van der Waals surface area contributed by atoms with Crippen molar-refractivity contribution in [2.75, 3.05) is 14.1 Å². The van der Waals surface area contributed by atoms with Crippen molar-refractivity contribution >= 4 is 5.97 Å². The Morgan fingerprint density at radius 1 is 1.33 bits per heavy atom. The van der Waals surface area contributed by atoms with Crippen molar-refractivity contribution in [3.63, 3.8) is 0 Å². The number of carboxylic acids is 1. The minimum atomic E-state index is -0.851. The van der Waals surface area contributed by atoms with Gasteiger partial charge in [0.1, 0.15) is 0 Å². The molecule has 3 nitrogen and oxygen atoms in total. The second-order valence-electron chi connectivity index (χ2n) is 4.06. The summed E-state index contributed by atoms with van der Waals surface area (Å²) in [5.74, 6) is -0.851. The predicted octanol–water partition coefficient (Wildman–Crippen LogP) is 1.56. The zero-order valence-corrected chi connectivity index (χ0v) is 8.38. The molecule has 0 heterocycles. The van der Waals surface area contributed by atoms with E-state index in [2.05, 4.69) is 0 Å². The first-order chi connectivity index (χ1) is 5.25. The van der Waals surface area contributed by atoms with Crippen molar-refractivity contribution in [1.29, 1.82) is 0 Å². The van der Waals surface area contributed by atoms with Crippen molar-refractivity contribution in [3.8, 4) is 0 Å². The maximum Gasteiger partial charge on any atom is 0.333 e. The molecule has 1 N–H and O–H groups in total. The van der Waals surface area contributed by atoms with E-state index in [4.69, 9.17) is 5.11 Å². The van der Waals surface area contributed by atoms with Gasteiger partial charge in [0, 0.05) is 20.3 Å². The average Bonchev–Trinajstić information content (AvgIpc) is 1.79. The van der Waals surface area contributed by atoms with Gasteiger partial charge in [0.25, 0.3) is 0 Å². The molecule has 0 aliphatic carbocycles. The highest BCUT2D eigenvalue weighted by Gasteiger charge is 2.23. The van der Waals surface area contributed by atoms with Gasteiger partial charge in [0.05, 0.1) is 5.57 Å². The second-order valence-corrected chi connectivity index (χ2v) is 4.06. The SMILES string of the molecule is CN(C)C=C(C(=O)O)C(C)(C)C. The topological polar surface area (TPSA) is 40.5 Å². The standard InChI is InChI=1S/C9H17NO2/c1-9(2,3)7(8(11)12)6-10(4)5/h6H,1-5H3,(H,11,12). The molecule has 0 saturated heterocycles. The minimum Gasteiger partial charge on any atom is -0.478 e. The van der Waals surface area contributed by atoms with E-state index in [1.807, 2.05) is 34.9 Å². The summed E-state index contributed by atoms with van der Waals surface area (Å²) in [5.41, 5.74) is 0.114. The van der Waals surface area contributed by atoms with Crippen LogP contribution in [-0.2, 0) is 4.79 Å². The summed E-state index contributed by atoms with van der Waals surface area (Å²) in [6.07, 6.45) is 1.64. The van der Waals surface area contributed by atoms with Gasteiger partial charge in [0.2, 0.25) is 0 Å². The molecule has 70 valence electrons. The first-order valence-corrected chi connectivity index (χ1v) is 3.87. The van der Waals surface area contributed by atoms with Crippen LogP contribution in [0, 0.1) is 5.41 Å². The molecule has 0 fully saturated rings. The zero-order valence-electron chi connectivity index (χ0n) is 8.38. The molecular formula is C9H17NO2. The van der Waals surface area contributed by atoms with Crippen LogP contribution in [0.4, 0.5) is 0 Å². The van der Waals surface area contributed by atoms with Crippen molar-refractivity contribution in [1.82, 2.24) is 4.90 Å². The lowest BCUT2D eigenvalue weighted by Gasteiger charge is -2.21. The fourth-order valence-electron chi connectivity index (χ4n) is 0.828. The monoisotopic (exact) mass is 171 g/mol. The summed E-state index contributed by atoms with van der Waals surface area (Å²) in [4.78, 5) is 12.5. The molecule has 0 aromatic rings. The third-order valence-corrected chi connectivity index (χ3v) is 1.43. The van der Waals surface area contributed by atoms with Gasteiger partial charge < -0.3 is 10.0 Å². The van der Waals surface area contributed by atoms with E-state index >= 15 is 0 Å². The lowest BCUT2D eigenvalue weighted by atomic mass is 9.87. The summed E-state index contributed by atoms with van der Waals surface area (Å²) in [7, 11) is 3.63. The number of hydrogen-bond donors (Lipinski definition) is 1. The third kappa shape index (κ3) is 3.42. The molecule has 0 rings (SSSR count). The van der Waals surface area contributed by atoms with E-state index in [1.54, 1.807) is 11.1 Å². The second kappa shape index (κ2) is 3.61. The van der Waals surface area contributed by atoms with Crippen molar-refractivity contribution in [3.05, 3.63) is 11.8 Å². The van der Waals surface area contributed by atoms with Gasteiger partial charge >= 0.3 is 5.97 Å². The maximum absolute atomic E-state index is 10.8. The Balaban J connectivity index is 4.81. The molecule has 0 radical (unpaired) electrons. The summed E-state index contributed by atoms with van der Waals surface area (Å²) < 4.78 is 0. The van der Waals surface area contributed by atoms with E-state index in [-0.39, 0.29) is 5.41 Å². The Labute approximate surface area is 73.7 Å². The Kier molecular flexibility index (Phi) is 3.31. The highest BCUT2D eigenvalue weighted by molar-refractivity contribution is 5.87. The molecular weight excluding hydrogens is 154 g/mol. The largest absolute Gasteiger partial charge is 0.478 e. The van der Waals surface area contributed by atoms with E-state index in [0.29, 0.717) is 5.57 Å². The molecule has 0 spiro atoms. The average molecular weight is 171 g/mol. The van der Waals surface area contributed by atoms with Crippen LogP contribution in [0.15, 0.2) is 11.8 Å². The lowest BCUT2D eigenvalue weighted by molar-refractivity contribution is -0.133. The van der Waals surface area contributed by atoms with Gasteiger partial charge in [0.15, 0.2) is 0 Å². The maximum atomic E-state index is 10.8. The van der Waals surface area contributed by atoms with Crippen molar-refractivity contribution in [2.24, 2.45) is 5.41 Å². The Morgan fingerprint density at radius 3 is 1.83 bits per heavy atom. The van der Waals surface area contributed by atoms with Crippen LogP contribution in [0.5, 0.6) is 0 Å². The van der Waals surface area contributed by atoms with Crippen LogP contribution in [0.25, 0.3) is 0 Å². The Hall–Kier alpha value is -0.990. The molecule has 0 aliphatic heterocycles. The quantitative estimate of drug-likeness (QED) is 0.641. The van der Waals surface area contributed by atoms with Crippen molar-refractivity contribution in [2.45, 2.75) is 20.8 Å². The van der Waals surface area contributed by atoms with Gasteiger partial charge in [-0.15, -0.1) is 0 Å². The molecule has 0 unspecified atom stereocenters. The molecule has 0 saturated carbocycles. The van der Waals surface area contributed by atoms with E-state index in [0.717, 1.165) is 0 Å². The van der Waals surface area contributed by atoms with Crippen LogP contribution >= 0.6 is 0 Å². The molecule has 0 atom stereocenters. The Morgan fingerprint density at radius 2 is 1.75 bits per heavy atom. The Bertz CT molecular complexity index is 199. The number of hydrogen-bond acceptors (Lipinski definition) is 2. The number of carbonyl (C=O) groups is 1. The first-order valence-electron chi connectivity index (χ1n) is 3.87. The molecule has 12 heavy (non-hydrogen) atoms. The van der Waals surface area contributed by atoms with Crippen molar-refractivity contribution < 1.29 is 9.90 Å². The summed E-state index contributed by atoms with van der Waals surface area (Å²) >= 11 is 0.